The maximum atomic E-state index is 9.28. The van der Waals surface area contributed by atoms with Gasteiger partial charge in [0.15, 0.2) is 0 Å². The van der Waals surface area contributed by atoms with Crippen LogP contribution < -0.4 is 0 Å². The van der Waals surface area contributed by atoms with E-state index < -0.39 is 0 Å². The highest BCUT2D eigenvalue weighted by Crippen LogP contribution is 2.34. The summed E-state index contributed by atoms with van der Waals surface area (Å²) in [6.07, 6.45) is 3.31. The lowest BCUT2D eigenvalue weighted by molar-refractivity contribution is 0.607. The largest absolute Gasteiger partial charge is 0.319 e. The van der Waals surface area contributed by atoms with Crippen LogP contribution in [0.15, 0.2) is 67.3 Å². The summed E-state index contributed by atoms with van der Waals surface area (Å²) < 4.78 is 2.05. The fourth-order valence-corrected chi connectivity index (χ4v) is 3.03. The Morgan fingerprint density at radius 2 is 1.85 bits per heavy atom. The predicted octanol–water partition coefficient (Wildman–Crippen LogP) is 3.82. The first-order valence-corrected chi connectivity index (χ1v) is 8.26. The number of aromatic nitrogens is 5. The van der Waals surface area contributed by atoms with Crippen LogP contribution in [0.4, 0.5) is 0 Å². The molecule has 0 saturated carbocycles. The molecule has 0 radical (unpaired) electrons. The average molecular weight is 340 g/mol. The zero-order chi connectivity index (χ0) is 17.9. The number of H-pyrrole nitrogens is 1. The van der Waals surface area contributed by atoms with Gasteiger partial charge in [0, 0.05) is 11.1 Å². The molecule has 6 nitrogen and oxygen atoms in total. The molecule has 2 aromatic carbocycles. The average Bonchev–Trinajstić information content (AvgIpc) is 3.38. The summed E-state index contributed by atoms with van der Waals surface area (Å²) in [5.74, 6) is 0.750. The van der Waals surface area contributed by atoms with E-state index in [4.69, 9.17) is 0 Å². The van der Waals surface area contributed by atoms with Gasteiger partial charge < -0.3 is 4.57 Å². The molecule has 0 aliphatic heterocycles. The molecule has 1 atom stereocenters. The van der Waals surface area contributed by atoms with Crippen LogP contribution in [0, 0.1) is 11.3 Å². The Bertz CT molecular complexity index is 1060. The fraction of sp³-hybridized carbons (Fsp3) is 0.100. The number of aromatic amines is 1. The fourth-order valence-electron chi connectivity index (χ4n) is 3.03. The van der Waals surface area contributed by atoms with Gasteiger partial charge in [0.05, 0.1) is 35.4 Å². The molecule has 4 aromatic rings. The number of hydrogen-bond acceptors (Lipinski definition) is 4. The van der Waals surface area contributed by atoms with E-state index in [0.29, 0.717) is 5.56 Å². The van der Waals surface area contributed by atoms with Gasteiger partial charge in [-0.2, -0.15) is 10.4 Å². The predicted molar refractivity (Wildman–Crippen MR) is 98.0 cm³/mol. The summed E-state index contributed by atoms with van der Waals surface area (Å²) in [7, 11) is 0. The smallest absolute Gasteiger partial charge is 0.147 e. The molecule has 1 N–H and O–H groups in total. The number of rotatable bonds is 4. The van der Waals surface area contributed by atoms with Crippen molar-refractivity contribution < 1.29 is 0 Å². The SMILES string of the molecule is C[C@H](c1ncn[nH]1)n1cnc(-c2ccccc2)c1-c1cccc(C#N)c1. The third-order valence-corrected chi connectivity index (χ3v) is 4.35. The van der Waals surface area contributed by atoms with Crippen molar-refractivity contribution in [1.29, 1.82) is 5.26 Å². The van der Waals surface area contributed by atoms with Crippen molar-refractivity contribution in [3.63, 3.8) is 0 Å². The van der Waals surface area contributed by atoms with Crippen LogP contribution >= 0.6 is 0 Å². The van der Waals surface area contributed by atoms with Crippen molar-refractivity contribution in [3.05, 3.63) is 78.6 Å². The van der Waals surface area contributed by atoms with Crippen LogP contribution in [0.3, 0.4) is 0 Å². The molecule has 2 aromatic heterocycles. The topological polar surface area (TPSA) is 83.2 Å². The minimum Gasteiger partial charge on any atom is -0.319 e. The molecular weight excluding hydrogens is 324 g/mol. The minimum absolute atomic E-state index is 0.0804. The van der Waals surface area contributed by atoms with Crippen molar-refractivity contribution in [2.75, 3.05) is 0 Å². The molecule has 2 heterocycles. The summed E-state index contributed by atoms with van der Waals surface area (Å²) >= 11 is 0. The van der Waals surface area contributed by atoms with Crippen molar-refractivity contribution in [1.82, 2.24) is 24.7 Å². The lowest BCUT2D eigenvalue weighted by atomic mass is 10.0. The lowest BCUT2D eigenvalue weighted by Gasteiger charge is -2.16. The molecule has 6 heteroatoms. The summed E-state index contributed by atoms with van der Waals surface area (Å²) in [4.78, 5) is 8.94. The van der Waals surface area contributed by atoms with Gasteiger partial charge >= 0.3 is 0 Å². The van der Waals surface area contributed by atoms with Gasteiger partial charge in [0.25, 0.3) is 0 Å². The Morgan fingerprint density at radius 1 is 1.04 bits per heavy atom. The normalized spacial score (nSPS) is 11.8. The zero-order valence-corrected chi connectivity index (χ0v) is 14.2. The second kappa shape index (κ2) is 6.65. The quantitative estimate of drug-likeness (QED) is 0.612. The lowest BCUT2D eigenvalue weighted by Crippen LogP contribution is -2.09. The van der Waals surface area contributed by atoms with Gasteiger partial charge in [-0.15, -0.1) is 0 Å². The highest BCUT2D eigenvalue weighted by molar-refractivity contribution is 5.79. The number of nitriles is 1. The third-order valence-electron chi connectivity index (χ3n) is 4.35. The number of imidazole rings is 1. The molecule has 4 rings (SSSR count). The Hall–Kier alpha value is -3.72. The summed E-state index contributed by atoms with van der Waals surface area (Å²) in [6, 6.07) is 19.7. The number of nitrogens with zero attached hydrogens (tertiary/aromatic N) is 5. The van der Waals surface area contributed by atoms with E-state index in [0.717, 1.165) is 28.3 Å². The Balaban J connectivity index is 1.93. The Morgan fingerprint density at radius 3 is 2.58 bits per heavy atom. The molecule has 0 bridgehead atoms. The maximum absolute atomic E-state index is 9.28. The van der Waals surface area contributed by atoms with Crippen LogP contribution in [0.5, 0.6) is 0 Å². The van der Waals surface area contributed by atoms with E-state index in [2.05, 4.69) is 30.8 Å². The van der Waals surface area contributed by atoms with E-state index in [9.17, 15) is 5.26 Å². The number of hydrogen-bond donors (Lipinski definition) is 1. The van der Waals surface area contributed by atoms with Gasteiger partial charge in [0.2, 0.25) is 0 Å². The molecule has 126 valence electrons. The Labute approximate surface area is 150 Å². The zero-order valence-electron chi connectivity index (χ0n) is 14.2. The van der Waals surface area contributed by atoms with E-state index in [1.807, 2.05) is 61.8 Å². The van der Waals surface area contributed by atoms with Gasteiger partial charge in [-0.1, -0.05) is 42.5 Å². The highest BCUT2D eigenvalue weighted by Gasteiger charge is 2.20. The first-order chi connectivity index (χ1) is 12.8. The third kappa shape index (κ3) is 2.76. The second-order valence-electron chi connectivity index (χ2n) is 5.95. The monoisotopic (exact) mass is 340 g/mol. The highest BCUT2D eigenvalue weighted by atomic mass is 15.2. The maximum Gasteiger partial charge on any atom is 0.147 e. The van der Waals surface area contributed by atoms with E-state index in [1.54, 1.807) is 6.07 Å². The van der Waals surface area contributed by atoms with Crippen molar-refractivity contribution in [2.24, 2.45) is 0 Å². The molecular formula is C20H16N6. The molecule has 0 unspecified atom stereocenters. The molecule has 0 spiro atoms. The van der Waals surface area contributed by atoms with Crippen LogP contribution in [0.2, 0.25) is 0 Å². The van der Waals surface area contributed by atoms with Crippen LogP contribution in [-0.2, 0) is 0 Å². The van der Waals surface area contributed by atoms with Gasteiger partial charge in [-0.25, -0.2) is 9.97 Å². The van der Waals surface area contributed by atoms with Crippen molar-refractivity contribution >= 4 is 0 Å². The summed E-state index contributed by atoms with van der Waals surface area (Å²) in [5.41, 5.74) is 4.38. The van der Waals surface area contributed by atoms with Crippen LogP contribution in [-0.4, -0.2) is 24.7 Å². The van der Waals surface area contributed by atoms with Crippen molar-refractivity contribution in [2.45, 2.75) is 13.0 Å². The summed E-state index contributed by atoms with van der Waals surface area (Å²) in [5, 5.41) is 16.2. The molecule has 26 heavy (non-hydrogen) atoms. The summed E-state index contributed by atoms with van der Waals surface area (Å²) in [6.45, 7) is 2.04. The minimum atomic E-state index is -0.0804. The molecule has 0 saturated heterocycles. The number of nitrogens with one attached hydrogen (secondary N) is 1. The molecule has 0 aliphatic carbocycles. The molecule has 0 aliphatic rings. The van der Waals surface area contributed by atoms with Crippen molar-refractivity contribution in [3.8, 4) is 28.6 Å². The van der Waals surface area contributed by atoms with Crippen LogP contribution in [0.1, 0.15) is 24.4 Å². The van der Waals surface area contributed by atoms with Gasteiger partial charge in [-0.3, -0.25) is 5.10 Å². The van der Waals surface area contributed by atoms with E-state index >= 15 is 0 Å². The van der Waals surface area contributed by atoms with E-state index in [1.165, 1.54) is 6.33 Å². The second-order valence-corrected chi connectivity index (χ2v) is 5.95. The van der Waals surface area contributed by atoms with Crippen LogP contribution in [0.25, 0.3) is 22.5 Å². The first-order valence-electron chi connectivity index (χ1n) is 8.26. The number of benzene rings is 2. The standard InChI is InChI=1S/C20H16N6/c1-14(20-22-12-24-25-20)26-13-23-18(16-7-3-2-4-8-16)19(26)17-9-5-6-15(10-17)11-21/h2-10,12-14H,1H3,(H,22,24,25)/t14-/m1/s1. The Kier molecular flexibility index (Phi) is 4.04. The van der Waals surface area contributed by atoms with Gasteiger partial charge in [-0.05, 0) is 19.1 Å². The first kappa shape index (κ1) is 15.8. The van der Waals surface area contributed by atoms with Gasteiger partial charge in [0.1, 0.15) is 12.2 Å². The van der Waals surface area contributed by atoms with E-state index in [-0.39, 0.29) is 6.04 Å². The molecule has 0 amide bonds. The molecule has 0 fully saturated rings.